The van der Waals surface area contributed by atoms with Gasteiger partial charge in [0.05, 0.1) is 16.6 Å². The minimum atomic E-state index is -4.49. The third-order valence-electron chi connectivity index (χ3n) is 6.92. The monoisotopic (exact) mass is 510 g/mol. The summed E-state index contributed by atoms with van der Waals surface area (Å²) in [5.41, 5.74) is 1.31. The molecule has 4 aromatic rings. The molecule has 3 aromatic heterocycles. The summed E-state index contributed by atoms with van der Waals surface area (Å²) < 4.78 is 44.4. The van der Waals surface area contributed by atoms with Crippen LogP contribution in [0.5, 0.6) is 0 Å². The van der Waals surface area contributed by atoms with E-state index in [1.807, 2.05) is 19.9 Å². The van der Waals surface area contributed by atoms with Crippen molar-refractivity contribution < 1.29 is 13.2 Å². The second kappa shape index (κ2) is 9.02. The molecule has 1 aliphatic rings. The molecule has 0 atom stereocenters. The molecule has 7 nitrogen and oxygen atoms in total. The van der Waals surface area contributed by atoms with Crippen molar-refractivity contribution in [2.24, 2.45) is 0 Å². The lowest BCUT2D eigenvalue weighted by atomic mass is 9.88. The van der Waals surface area contributed by atoms with Crippen LogP contribution in [0.3, 0.4) is 0 Å². The topological polar surface area (TPSA) is 76.8 Å². The lowest BCUT2D eigenvalue weighted by Gasteiger charge is -2.27. The van der Waals surface area contributed by atoms with Gasteiger partial charge < -0.3 is 10.6 Å². The van der Waals surface area contributed by atoms with Crippen molar-refractivity contribution in [3.63, 3.8) is 0 Å². The summed E-state index contributed by atoms with van der Waals surface area (Å²) in [4.78, 5) is 22.1. The number of halogens is 3. The van der Waals surface area contributed by atoms with E-state index in [0.717, 1.165) is 39.0 Å². The number of aromatic nitrogens is 4. The van der Waals surface area contributed by atoms with Crippen LogP contribution in [0, 0.1) is 0 Å². The Balaban J connectivity index is 1.63. The Morgan fingerprint density at radius 3 is 2.59 bits per heavy atom. The second-order valence-electron chi connectivity index (χ2n) is 10.2. The molecule has 4 heterocycles. The Kier molecular flexibility index (Phi) is 6.10. The van der Waals surface area contributed by atoms with E-state index in [1.165, 1.54) is 34.1 Å². The normalized spacial score (nSPS) is 14.3. The highest BCUT2D eigenvalue weighted by Gasteiger charge is 2.49. The van der Waals surface area contributed by atoms with Crippen molar-refractivity contribution in [2.75, 3.05) is 11.9 Å². The molecule has 0 bridgehead atoms. The van der Waals surface area contributed by atoms with Gasteiger partial charge in [0, 0.05) is 30.5 Å². The maximum Gasteiger partial charge on any atom is 0.399 e. The molecule has 0 spiro atoms. The fourth-order valence-corrected chi connectivity index (χ4v) is 4.62. The van der Waals surface area contributed by atoms with E-state index in [0.29, 0.717) is 16.7 Å². The van der Waals surface area contributed by atoms with E-state index in [-0.39, 0.29) is 23.1 Å². The molecule has 0 saturated heterocycles. The summed E-state index contributed by atoms with van der Waals surface area (Å²) in [6.07, 6.45) is -2.01. The van der Waals surface area contributed by atoms with Gasteiger partial charge in [0.2, 0.25) is 0 Å². The summed E-state index contributed by atoms with van der Waals surface area (Å²) in [7, 11) is 0. The van der Waals surface area contributed by atoms with Gasteiger partial charge in [-0.3, -0.25) is 4.79 Å². The minimum Gasteiger partial charge on any atom is -0.340 e. The van der Waals surface area contributed by atoms with Crippen molar-refractivity contribution in [3.8, 4) is 5.82 Å². The van der Waals surface area contributed by atoms with Gasteiger partial charge >= 0.3 is 6.18 Å². The van der Waals surface area contributed by atoms with Crippen molar-refractivity contribution in [1.82, 2.24) is 24.6 Å². The predicted molar refractivity (Wildman–Crippen MR) is 138 cm³/mol. The van der Waals surface area contributed by atoms with E-state index in [1.54, 1.807) is 16.8 Å². The molecule has 5 rings (SSSR count). The molecule has 1 aliphatic heterocycles. The number of hydrogen-bond acceptors (Lipinski definition) is 5. The second-order valence-corrected chi connectivity index (χ2v) is 10.2. The van der Waals surface area contributed by atoms with Crippen LogP contribution in [0.4, 0.5) is 24.7 Å². The van der Waals surface area contributed by atoms with Crippen LogP contribution in [0.25, 0.3) is 16.7 Å². The highest BCUT2D eigenvalue weighted by molar-refractivity contribution is 5.82. The SMILES string of the molecule is CC(C)n1c(=O)c2cnc(Nc3ccc4c(c3)CNCC4)cc2n1-c1cccc(C(C)(C)C(F)(F)F)n1. The molecule has 0 amide bonds. The lowest BCUT2D eigenvalue weighted by Crippen LogP contribution is -2.37. The van der Waals surface area contributed by atoms with Gasteiger partial charge in [-0.1, -0.05) is 12.1 Å². The number of pyridine rings is 2. The summed E-state index contributed by atoms with van der Waals surface area (Å²) in [5.74, 6) is 0.741. The molecule has 1 aromatic carbocycles. The standard InChI is InChI=1S/C27H29F3N6O/c1-16(2)35-25(37)20-15-32-23(33-19-9-8-17-10-11-31-14-18(17)12-19)13-21(20)36(35)24-7-5-6-22(34-24)26(3,4)27(28,29)30/h5-9,12-13,15-16,31H,10-11,14H2,1-4H3,(H,32,33). The zero-order valence-electron chi connectivity index (χ0n) is 21.1. The molecule has 0 fully saturated rings. The van der Waals surface area contributed by atoms with Crippen molar-refractivity contribution in [2.45, 2.75) is 58.3 Å². The van der Waals surface area contributed by atoms with Crippen molar-refractivity contribution in [3.05, 3.63) is 75.8 Å². The minimum absolute atomic E-state index is 0.128. The van der Waals surface area contributed by atoms with E-state index >= 15 is 0 Å². The number of alkyl halides is 3. The van der Waals surface area contributed by atoms with Gasteiger partial charge in [-0.05, 0) is 76.1 Å². The van der Waals surface area contributed by atoms with Crippen LogP contribution >= 0.6 is 0 Å². The molecule has 37 heavy (non-hydrogen) atoms. The average molecular weight is 511 g/mol. The molecular weight excluding hydrogens is 481 g/mol. The van der Waals surface area contributed by atoms with Gasteiger partial charge in [-0.2, -0.15) is 13.2 Å². The number of benzene rings is 1. The highest BCUT2D eigenvalue weighted by Crippen LogP contribution is 2.39. The van der Waals surface area contributed by atoms with Crippen LogP contribution in [0.1, 0.15) is 50.6 Å². The molecule has 0 saturated carbocycles. The third kappa shape index (κ3) is 4.39. The van der Waals surface area contributed by atoms with Gasteiger partial charge in [-0.25, -0.2) is 19.3 Å². The zero-order valence-corrected chi connectivity index (χ0v) is 21.1. The van der Waals surface area contributed by atoms with E-state index in [9.17, 15) is 18.0 Å². The Hall–Kier alpha value is -3.66. The van der Waals surface area contributed by atoms with Gasteiger partial charge in [-0.15, -0.1) is 0 Å². The fraction of sp³-hybridized carbons (Fsp3) is 0.370. The molecule has 10 heteroatoms. The third-order valence-corrected chi connectivity index (χ3v) is 6.92. The molecule has 0 aliphatic carbocycles. The van der Waals surface area contributed by atoms with E-state index < -0.39 is 11.6 Å². The summed E-state index contributed by atoms with van der Waals surface area (Å²) in [6.45, 7) is 7.63. The number of rotatable bonds is 5. The average Bonchev–Trinajstić information content (AvgIpc) is 3.15. The van der Waals surface area contributed by atoms with Crippen LogP contribution < -0.4 is 16.2 Å². The summed E-state index contributed by atoms with van der Waals surface area (Å²) in [6, 6.07) is 12.1. The summed E-state index contributed by atoms with van der Waals surface area (Å²) >= 11 is 0. The van der Waals surface area contributed by atoms with Gasteiger partial charge in [0.25, 0.3) is 5.56 Å². The molecule has 194 valence electrons. The molecule has 0 radical (unpaired) electrons. The maximum atomic E-state index is 13.8. The van der Waals surface area contributed by atoms with E-state index in [2.05, 4.69) is 32.7 Å². The first-order chi connectivity index (χ1) is 17.5. The Morgan fingerprint density at radius 2 is 1.86 bits per heavy atom. The lowest BCUT2D eigenvalue weighted by molar-refractivity contribution is -0.181. The van der Waals surface area contributed by atoms with Crippen molar-refractivity contribution in [1.29, 1.82) is 0 Å². The fourth-order valence-electron chi connectivity index (χ4n) is 4.62. The predicted octanol–water partition coefficient (Wildman–Crippen LogP) is 5.39. The first kappa shape index (κ1) is 25.0. The van der Waals surface area contributed by atoms with Crippen molar-refractivity contribution >= 4 is 22.4 Å². The highest BCUT2D eigenvalue weighted by atomic mass is 19.4. The molecule has 0 unspecified atom stereocenters. The van der Waals surface area contributed by atoms with Gasteiger partial charge in [0.1, 0.15) is 11.2 Å². The largest absolute Gasteiger partial charge is 0.399 e. The zero-order chi connectivity index (χ0) is 26.5. The smallest absolute Gasteiger partial charge is 0.340 e. The Bertz CT molecular complexity index is 1530. The summed E-state index contributed by atoms with van der Waals surface area (Å²) in [5, 5.41) is 7.03. The van der Waals surface area contributed by atoms with Crippen LogP contribution in [-0.2, 0) is 18.4 Å². The first-order valence-electron chi connectivity index (χ1n) is 12.2. The van der Waals surface area contributed by atoms with Crippen LogP contribution in [0.15, 0.2) is 53.5 Å². The van der Waals surface area contributed by atoms with E-state index in [4.69, 9.17) is 0 Å². The Labute approximate surface area is 212 Å². The molecular formula is C27H29F3N6O. The van der Waals surface area contributed by atoms with Crippen LogP contribution in [-0.4, -0.2) is 32.1 Å². The Morgan fingerprint density at radius 1 is 1.08 bits per heavy atom. The quantitative estimate of drug-likeness (QED) is 0.376. The number of anilines is 2. The number of nitrogens with zero attached hydrogens (tertiary/aromatic N) is 4. The first-order valence-corrected chi connectivity index (χ1v) is 12.2. The number of nitrogens with one attached hydrogen (secondary N) is 2. The maximum absolute atomic E-state index is 13.8. The van der Waals surface area contributed by atoms with Crippen LogP contribution in [0.2, 0.25) is 0 Å². The number of hydrogen-bond donors (Lipinski definition) is 2. The van der Waals surface area contributed by atoms with Gasteiger partial charge in [0.15, 0.2) is 5.82 Å². The number of fused-ring (bicyclic) bond motifs is 2. The molecule has 2 N–H and O–H groups in total.